The zero-order valence-corrected chi connectivity index (χ0v) is 9.64. The Morgan fingerprint density at radius 3 is 2.71 bits per heavy atom. The first-order chi connectivity index (χ1) is 7.80. The molecule has 0 aromatic heterocycles. The Labute approximate surface area is 98.4 Å². The first-order valence-electron chi connectivity index (χ1n) is 5.04. The number of nitrogens with one attached hydrogen (secondary N) is 1. The van der Waals surface area contributed by atoms with Gasteiger partial charge < -0.3 is 10.4 Å². The largest absolute Gasteiger partial charge is 0.481 e. The summed E-state index contributed by atoms with van der Waals surface area (Å²) >= 11 is 0. The number of carbonyl (C=O) groups is 1. The van der Waals surface area contributed by atoms with Crippen molar-refractivity contribution in [1.29, 1.82) is 0 Å². The summed E-state index contributed by atoms with van der Waals surface area (Å²) in [7, 11) is 0. The molecule has 0 radical (unpaired) electrons. The number of nitrogens with zero attached hydrogens (tertiary/aromatic N) is 1. The number of nitro groups is 1. The van der Waals surface area contributed by atoms with Crippen LogP contribution in [0.3, 0.4) is 0 Å². The Kier molecular flexibility index (Phi) is 3.67. The predicted molar refractivity (Wildman–Crippen MR) is 63.1 cm³/mol. The normalized spacial score (nSPS) is 10.9. The standard InChI is InChI=1S/C11H14N2O4/c1-11(2,7-10(14)15)12-8-4-3-5-9(6-8)13(16)17/h3-6,12H,7H2,1-2H3,(H,14,15). The molecule has 0 heterocycles. The van der Waals surface area contributed by atoms with Crippen molar-refractivity contribution in [2.75, 3.05) is 5.32 Å². The lowest BCUT2D eigenvalue weighted by atomic mass is 10.0. The van der Waals surface area contributed by atoms with E-state index in [4.69, 9.17) is 5.11 Å². The molecule has 0 aliphatic heterocycles. The van der Waals surface area contributed by atoms with Crippen molar-refractivity contribution in [3.63, 3.8) is 0 Å². The van der Waals surface area contributed by atoms with Crippen LogP contribution in [0.2, 0.25) is 0 Å². The Hall–Kier alpha value is -2.11. The van der Waals surface area contributed by atoms with E-state index in [1.54, 1.807) is 26.0 Å². The number of anilines is 1. The molecule has 0 saturated heterocycles. The lowest BCUT2D eigenvalue weighted by Gasteiger charge is -2.25. The summed E-state index contributed by atoms with van der Waals surface area (Å²) < 4.78 is 0. The molecule has 6 nitrogen and oxygen atoms in total. The van der Waals surface area contributed by atoms with E-state index >= 15 is 0 Å². The fourth-order valence-electron chi connectivity index (χ4n) is 1.51. The number of carboxylic acids is 1. The van der Waals surface area contributed by atoms with Gasteiger partial charge in [0.15, 0.2) is 0 Å². The molecule has 0 amide bonds. The van der Waals surface area contributed by atoms with Crippen LogP contribution < -0.4 is 5.32 Å². The third kappa shape index (κ3) is 4.10. The van der Waals surface area contributed by atoms with Crippen LogP contribution >= 0.6 is 0 Å². The van der Waals surface area contributed by atoms with Crippen LogP contribution in [-0.4, -0.2) is 21.5 Å². The van der Waals surface area contributed by atoms with Gasteiger partial charge in [0.25, 0.3) is 5.69 Å². The number of carboxylic acid groups (broad SMARTS) is 1. The van der Waals surface area contributed by atoms with Crippen molar-refractivity contribution >= 4 is 17.3 Å². The molecule has 1 aromatic carbocycles. The highest BCUT2D eigenvalue weighted by atomic mass is 16.6. The summed E-state index contributed by atoms with van der Waals surface area (Å²) in [4.78, 5) is 20.7. The third-order valence-corrected chi connectivity index (χ3v) is 2.13. The van der Waals surface area contributed by atoms with Crippen molar-refractivity contribution in [2.45, 2.75) is 25.8 Å². The molecule has 2 N–H and O–H groups in total. The van der Waals surface area contributed by atoms with Crippen LogP contribution in [0.5, 0.6) is 0 Å². The molecule has 0 saturated carbocycles. The number of aliphatic carboxylic acids is 1. The smallest absolute Gasteiger partial charge is 0.305 e. The molecule has 1 aromatic rings. The molecular formula is C11H14N2O4. The van der Waals surface area contributed by atoms with Gasteiger partial charge in [-0.15, -0.1) is 0 Å². The summed E-state index contributed by atoms with van der Waals surface area (Å²) in [5.74, 6) is -0.923. The van der Waals surface area contributed by atoms with E-state index in [9.17, 15) is 14.9 Å². The lowest BCUT2D eigenvalue weighted by molar-refractivity contribution is -0.384. The molecule has 17 heavy (non-hydrogen) atoms. The molecule has 0 bridgehead atoms. The van der Waals surface area contributed by atoms with E-state index in [0.717, 1.165) is 0 Å². The monoisotopic (exact) mass is 238 g/mol. The topological polar surface area (TPSA) is 92.5 Å². The minimum atomic E-state index is -0.923. The number of nitro benzene ring substituents is 1. The summed E-state index contributed by atoms with van der Waals surface area (Å²) in [5, 5.41) is 22.3. The van der Waals surface area contributed by atoms with E-state index in [1.807, 2.05) is 0 Å². The predicted octanol–water partition coefficient (Wildman–Crippen LogP) is 2.26. The van der Waals surface area contributed by atoms with Crippen LogP contribution in [0.25, 0.3) is 0 Å². The number of benzene rings is 1. The Morgan fingerprint density at radius 1 is 1.53 bits per heavy atom. The average Bonchev–Trinajstić information content (AvgIpc) is 2.14. The summed E-state index contributed by atoms with van der Waals surface area (Å²) in [6, 6.07) is 5.98. The van der Waals surface area contributed by atoms with Gasteiger partial charge in [0.1, 0.15) is 0 Å². The number of non-ortho nitro benzene ring substituents is 1. The zero-order valence-electron chi connectivity index (χ0n) is 9.64. The van der Waals surface area contributed by atoms with Gasteiger partial charge in [-0.1, -0.05) is 6.07 Å². The minimum absolute atomic E-state index is 0.0267. The fraction of sp³-hybridized carbons (Fsp3) is 0.364. The highest BCUT2D eigenvalue weighted by Crippen LogP contribution is 2.22. The minimum Gasteiger partial charge on any atom is -0.481 e. The molecule has 0 spiro atoms. The van der Waals surface area contributed by atoms with Gasteiger partial charge in [-0.2, -0.15) is 0 Å². The maximum absolute atomic E-state index is 10.6. The van der Waals surface area contributed by atoms with Gasteiger partial charge in [0.2, 0.25) is 0 Å². The van der Waals surface area contributed by atoms with E-state index in [0.29, 0.717) is 5.69 Å². The number of rotatable bonds is 5. The van der Waals surface area contributed by atoms with Gasteiger partial charge in [0, 0.05) is 23.4 Å². The molecule has 0 aliphatic carbocycles. The second kappa shape index (κ2) is 4.82. The maximum Gasteiger partial charge on any atom is 0.305 e. The Morgan fingerprint density at radius 2 is 2.18 bits per heavy atom. The second-order valence-electron chi connectivity index (χ2n) is 4.39. The van der Waals surface area contributed by atoms with Gasteiger partial charge in [0.05, 0.1) is 11.3 Å². The molecule has 6 heteroatoms. The van der Waals surface area contributed by atoms with Crippen molar-refractivity contribution in [2.24, 2.45) is 0 Å². The van der Waals surface area contributed by atoms with Gasteiger partial charge >= 0.3 is 5.97 Å². The van der Waals surface area contributed by atoms with Gasteiger partial charge in [-0.25, -0.2) is 0 Å². The summed E-state index contributed by atoms with van der Waals surface area (Å²) in [6.45, 7) is 3.44. The second-order valence-corrected chi connectivity index (χ2v) is 4.39. The zero-order chi connectivity index (χ0) is 13.1. The van der Waals surface area contributed by atoms with Gasteiger partial charge in [-0.05, 0) is 19.9 Å². The first kappa shape index (κ1) is 13.0. The van der Waals surface area contributed by atoms with E-state index in [1.165, 1.54) is 12.1 Å². The van der Waals surface area contributed by atoms with Crippen LogP contribution in [0.15, 0.2) is 24.3 Å². The van der Waals surface area contributed by atoms with Crippen molar-refractivity contribution < 1.29 is 14.8 Å². The molecule has 0 aliphatic rings. The third-order valence-electron chi connectivity index (χ3n) is 2.13. The molecule has 0 unspecified atom stereocenters. The lowest BCUT2D eigenvalue weighted by Crippen LogP contribution is -2.33. The Balaban J connectivity index is 2.84. The average molecular weight is 238 g/mol. The quantitative estimate of drug-likeness (QED) is 0.606. The van der Waals surface area contributed by atoms with Crippen molar-refractivity contribution in [3.8, 4) is 0 Å². The fourth-order valence-corrected chi connectivity index (χ4v) is 1.51. The van der Waals surface area contributed by atoms with Crippen LogP contribution in [0.1, 0.15) is 20.3 Å². The van der Waals surface area contributed by atoms with E-state index in [-0.39, 0.29) is 12.1 Å². The molecule has 0 atom stereocenters. The molecule has 0 fully saturated rings. The summed E-state index contributed by atoms with van der Waals surface area (Å²) in [6.07, 6.45) is -0.0737. The van der Waals surface area contributed by atoms with Crippen LogP contribution in [-0.2, 0) is 4.79 Å². The van der Waals surface area contributed by atoms with Crippen molar-refractivity contribution in [1.82, 2.24) is 0 Å². The molecule has 1 rings (SSSR count). The Bertz CT molecular complexity index is 443. The van der Waals surface area contributed by atoms with Crippen LogP contribution in [0, 0.1) is 10.1 Å². The van der Waals surface area contributed by atoms with Gasteiger partial charge in [-0.3, -0.25) is 14.9 Å². The highest BCUT2D eigenvalue weighted by Gasteiger charge is 2.21. The highest BCUT2D eigenvalue weighted by molar-refractivity contribution is 5.69. The molecule has 92 valence electrons. The molecular weight excluding hydrogens is 224 g/mol. The van der Waals surface area contributed by atoms with E-state index in [2.05, 4.69) is 5.32 Å². The van der Waals surface area contributed by atoms with E-state index < -0.39 is 16.4 Å². The SMILES string of the molecule is CC(C)(CC(=O)O)Nc1cccc([N+](=O)[O-])c1. The number of hydrogen-bond donors (Lipinski definition) is 2. The first-order valence-corrected chi connectivity index (χ1v) is 5.04. The van der Waals surface area contributed by atoms with Crippen LogP contribution in [0.4, 0.5) is 11.4 Å². The maximum atomic E-state index is 10.6. The number of hydrogen-bond acceptors (Lipinski definition) is 4. The van der Waals surface area contributed by atoms with Crippen molar-refractivity contribution in [3.05, 3.63) is 34.4 Å². The summed E-state index contributed by atoms with van der Waals surface area (Å²) in [5.41, 5.74) is -0.160.